The van der Waals surface area contributed by atoms with Crippen LogP contribution < -0.4 is 9.62 Å². The van der Waals surface area contributed by atoms with Crippen molar-refractivity contribution in [3.8, 4) is 0 Å². The van der Waals surface area contributed by atoms with E-state index in [1.54, 1.807) is 0 Å². The molecule has 2 aromatic carbocycles. The van der Waals surface area contributed by atoms with Gasteiger partial charge in [0.25, 0.3) is 0 Å². The van der Waals surface area contributed by atoms with Crippen LogP contribution in [0.3, 0.4) is 0 Å². The third-order valence-electron chi connectivity index (χ3n) is 4.60. The average molecular weight is 439 g/mol. The van der Waals surface area contributed by atoms with Crippen molar-refractivity contribution in [1.82, 2.24) is 0 Å². The Kier molecular flexibility index (Phi) is 6.75. The van der Waals surface area contributed by atoms with E-state index in [1.165, 1.54) is 24.3 Å². The number of hydrogen-bond donors (Lipinski definition) is 2. The molecule has 2 aromatic rings. The number of nitrogens with zero attached hydrogens (tertiary/aromatic N) is 1. The Morgan fingerprint density at radius 1 is 1.13 bits per heavy atom. The number of nitrogens with one attached hydrogen (secondary N) is 1. The minimum Gasteiger partial charge on any atom is -0.755 e. The van der Waals surface area contributed by atoms with Crippen molar-refractivity contribution in [2.75, 3.05) is 22.8 Å². The minimum absolute atomic E-state index is 0.0335. The number of carbonyl (C=O) groups is 2. The predicted octanol–water partition coefficient (Wildman–Crippen LogP) is 2.96. The van der Waals surface area contributed by atoms with Gasteiger partial charge in [0.2, 0.25) is 5.91 Å². The Morgan fingerprint density at radius 2 is 1.77 bits per heavy atom. The number of halogens is 2. The van der Waals surface area contributed by atoms with Crippen molar-refractivity contribution < 1.29 is 37.0 Å². The molecule has 160 valence electrons. The van der Waals surface area contributed by atoms with Crippen molar-refractivity contribution in [2.45, 2.75) is 12.8 Å². The van der Waals surface area contributed by atoms with Gasteiger partial charge in [-0.05, 0) is 43.2 Å². The van der Waals surface area contributed by atoms with E-state index in [4.69, 9.17) is 9.84 Å². The molecule has 1 heterocycles. The molecule has 1 fully saturated rings. The van der Waals surface area contributed by atoms with Crippen molar-refractivity contribution in [2.24, 2.45) is 5.92 Å². The van der Waals surface area contributed by atoms with E-state index in [9.17, 15) is 27.1 Å². The first kappa shape index (κ1) is 21.8. The largest absolute Gasteiger partial charge is 0.755 e. The lowest BCUT2D eigenvalue weighted by Gasteiger charge is -2.27. The monoisotopic (exact) mass is 439 g/mol. The molecule has 1 amide bonds. The molecule has 11 heteroatoms. The van der Waals surface area contributed by atoms with Gasteiger partial charge in [-0.3, -0.25) is 13.3 Å². The molecule has 1 unspecified atom stereocenters. The minimum atomic E-state index is -3.03. The standard InChI is InChI=1S/C19H18F2N2O6S/c20-15-10-17(16(21)9-14(15)19(25)26)23(30(27)28)13-3-1-12(2-4-13)22-18(24)11-5-7-29-8-6-11/h1-4,9-11H,5-8H2,(H,22,24)(H,25,26)(H,27,28)/p-1. The molecule has 0 bridgehead atoms. The Labute approximate surface area is 172 Å². The lowest BCUT2D eigenvalue weighted by molar-refractivity contribution is -0.122. The van der Waals surface area contributed by atoms with Crippen molar-refractivity contribution in [1.29, 1.82) is 0 Å². The van der Waals surface area contributed by atoms with E-state index in [2.05, 4.69) is 5.32 Å². The van der Waals surface area contributed by atoms with Gasteiger partial charge in [-0.15, -0.1) is 0 Å². The van der Waals surface area contributed by atoms with Gasteiger partial charge in [-0.1, -0.05) is 0 Å². The third-order valence-corrected chi connectivity index (χ3v) is 5.30. The first-order chi connectivity index (χ1) is 14.3. The van der Waals surface area contributed by atoms with Crippen LogP contribution >= 0.6 is 0 Å². The highest BCUT2D eigenvalue weighted by Crippen LogP contribution is 2.32. The van der Waals surface area contributed by atoms with Crippen LogP contribution in [-0.4, -0.2) is 39.0 Å². The average Bonchev–Trinajstić information content (AvgIpc) is 2.72. The van der Waals surface area contributed by atoms with Crippen LogP contribution in [0.1, 0.15) is 23.2 Å². The van der Waals surface area contributed by atoms with Crippen LogP contribution in [0.5, 0.6) is 0 Å². The van der Waals surface area contributed by atoms with Gasteiger partial charge in [0.1, 0.15) is 11.6 Å². The normalized spacial score (nSPS) is 15.4. The molecular weight excluding hydrogens is 422 g/mol. The fourth-order valence-electron chi connectivity index (χ4n) is 3.05. The lowest BCUT2D eigenvalue weighted by Crippen LogP contribution is -2.28. The first-order valence-electron chi connectivity index (χ1n) is 8.88. The summed E-state index contributed by atoms with van der Waals surface area (Å²) in [6.45, 7) is 1.01. The number of carbonyl (C=O) groups excluding carboxylic acids is 1. The molecule has 1 aliphatic heterocycles. The number of ether oxygens (including phenoxy) is 1. The molecule has 0 spiro atoms. The van der Waals surface area contributed by atoms with Crippen molar-refractivity contribution >= 4 is 40.2 Å². The summed E-state index contributed by atoms with van der Waals surface area (Å²) in [5, 5.41) is 11.6. The SMILES string of the molecule is O=C(O)c1cc(F)c(N(c2ccc(NC(=O)C3CCOCC3)cc2)S(=O)[O-])cc1F. The molecular formula is C19H17F2N2O6S-. The number of anilines is 3. The molecule has 1 aliphatic rings. The number of aromatic carboxylic acids is 1. The zero-order valence-electron chi connectivity index (χ0n) is 15.5. The van der Waals surface area contributed by atoms with E-state index < -0.39 is 40.1 Å². The summed E-state index contributed by atoms with van der Waals surface area (Å²) in [6, 6.07) is 6.36. The molecule has 1 atom stereocenters. The van der Waals surface area contributed by atoms with Gasteiger partial charge in [0, 0.05) is 30.9 Å². The van der Waals surface area contributed by atoms with Crippen LogP contribution in [-0.2, 0) is 20.8 Å². The fraction of sp³-hybridized carbons (Fsp3) is 0.263. The number of rotatable bonds is 6. The summed E-state index contributed by atoms with van der Waals surface area (Å²) in [5.41, 5.74) is -1.22. The zero-order valence-corrected chi connectivity index (χ0v) is 16.3. The zero-order chi connectivity index (χ0) is 21.8. The van der Waals surface area contributed by atoms with E-state index in [1.807, 2.05) is 0 Å². The lowest BCUT2D eigenvalue weighted by atomic mass is 9.99. The second-order valence-corrected chi connectivity index (χ2v) is 7.32. The smallest absolute Gasteiger partial charge is 0.338 e. The summed E-state index contributed by atoms with van der Waals surface area (Å²) in [4.78, 5) is 23.2. The van der Waals surface area contributed by atoms with E-state index in [0.29, 0.717) is 48.2 Å². The molecule has 8 nitrogen and oxygen atoms in total. The highest BCUT2D eigenvalue weighted by atomic mass is 32.2. The number of hydrogen-bond acceptors (Lipinski definition) is 5. The van der Waals surface area contributed by atoms with Crippen molar-refractivity contribution in [3.05, 3.63) is 53.6 Å². The van der Waals surface area contributed by atoms with Gasteiger partial charge in [0.05, 0.1) is 28.2 Å². The van der Waals surface area contributed by atoms with Gasteiger partial charge in [-0.25, -0.2) is 13.6 Å². The summed E-state index contributed by atoms with van der Waals surface area (Å²) in [5.74, 6) is -4.57. The number of carboxylic acids is 1. The summed E-state index contributed by atoms with van der Waals surface area (Å²) < 4.78 is 57.4. The molecule has 0 radical (unpaired) electrons. The van der Waals surface area contributed by atoms with Crippen LogP contribution in [0.2, 0.25) is 0 Å². The second-order valence-electron chi connectivity index (χ2n) is 6.52. The highest BCUT2D eigenvalue weighted by molar-refractivity contribution is 7.81. The van der Waals surface area contributed by atoms with E-state index in [-0.39, 0.29) is 17.5 Å². The molecule has 1 saturated heterocycles. The van der Waals surface area contributed by atoms with Crippen LogP contribution in [0.25, 0.3) is 0 Å². The Bertz CT molecular complexity index is 980. The number of amides is 1. The Hall–Kier alpha value is -2.89. The topological polar surface area (TPSA) is 119 Å². The van der Waals surface area contributed by atoms with Crippen LogP contribution in [0.15, 0.2) is 36.4 Å². The highest BCUT2D eigenvalue weighted by Gasteiger charge is 2.23. The van der Waals surface area contributed by atoms with Gasteiger partial charge >= 0.3 is 5.97 Å². The Balaban J connectivity index is 1.84. The fourth-order valence-corrected chi connectivity index (χ4v) is 3.64. The molecule has 2 N–H and O–H groups in total. The maximum atomic E-state index is 14.3. The number of benzene rings is 2. The third kappa shape index (κ3) is 4.81. The van der Waals surface area contributed by atoms with Gasteiger partial charge < -0.3 is 19.7 Å². The summed E-state index contributed by atoms with van der Waals surface area (Å²) in [6.07, 6.45) is 1.20. The van der Waals surface area contributed by atoms with Crippen LogP contribution in [0.4, 0.5) is 25.8 Å². The second kappa shape index (κ2) is 9.28. The van der Waals surface area contributed by atoms with E-state index in [0.717, 1.165) is 0 Å². The van der Waals surface area contributed by atoms with Gasteiger partial charge in [0.15, 0.2) is 0 Å². The molecule has 30 heavy (non-hydrogen) atoms. The molecule has 3 rings (SSSR count). The molecule has 0 saturated carbocycles. The predicted molar refractivity (Wildman–Crippen MR) is 103 cm³/mol. The first-order valence-corrected chi connectivity index (χ1v) is 9.91. The summed E-state index contributed by atoms with van der Waals surface area (Å²) in [7, 11) is 0. The molecule has 0 aliphatic carbocycles. The number of carboxylic acid groups (broad SMARTS) is 1. The van der Waals surface area contributed by atoms with Crippen LogP contribution in [0, 0.1) is 17.6 Å². The Morgan fingerprint density at radius 3 is 2.33 bits per heavy atom. The van der Waals surface area contributed by atoms with Gasteiger partial charge in [-0.2, -0.15) is 0 Å². The maximum Gasteiger partial charge on any atom is 0.338 e. The molecule has 0 aromatic heterocycles. The summed E-state index contributed by atoms with van der Waals surface area (Å²) >= 11 is -3.03. The quantitative estimate of drug-likeness (QED) is 0.668. The van der Waals surface area contributed by atoms with E-state index >= 15 is 0 Å². The van der Waals surface area contributed by atoms with Crippen molar-refractivity contribution in [3.63, 3.8) is 0 Å². The maximum absolute atomic E-state index is 14.3.